The summed E-state index contributed by atoms with van der Waals surface area (Å²) in [7, 11) is 0. The van der Waals surface area contributed by atoms with E-state index in [4.69, 9.17) is 4.42 Å². The van der Waals surface area contributed by atoms with Crippen LogP contribution >= 0.6 is 23.5 Å². The zero-order valence-corrected chi connectivity index (χ0v) is 13.6. The Balaban J connectivity index is 1.69. The number of thioether (sulfide) groups is 2. The fourth-order valence-corrected chi connectivity index (χ4v) is 3.23. The molecule has 1 N–H and O–H groups in total. The maximum Gasteiger partial charge on any atom is 0.277 e. The molecule has 1 aromatic heterocycles. The zero-order chi connectivity index (χ0) is 14.4. The van der Waals surface area contributed by atoms with Crippen molar-refractivity contribution < 1.29 is 9.21 Å². The fourth-order valence-electron chi connectivity index (χ4n) is 2.28. The first-order chi connectivity index (χ1) is 9.67. The maximum atomic E-state index is 11.9. The van der Waals surface area contributed by atoms with Crippen molar-refractivity contribution in [3.05, 3.63) is 5.89 Å². The lowest BCUT2D eigenvalue weighted by atomic mass is 9.87. The molecule has 0 aromatic carbocycles. The lowest BCUT2D eigenvalue weighted by Crippen LogP contribution is -2.38. The van der Waals surface area contributed by atoms with Crippen LogP contribution in [0.2, 0.25) is 0 Å². The lowest BCUT2D eigenvalue weighted by molar-refractivity contribution is -0.119. The minimum absolute atomic E-state index is 0.0548. The van der Waals surface area contributed by atoms with Gasteiger partial charge in [0.1, 0.15) is 0 Å². The largest absolute Gasteiger partial charge is 0.415 e. The Bertz CT molecular complexity index is 431. The first-order valence-corrected chi connectivity index (χ1v) is 9.28. The highest BCUT2D eigenvalue weighted by Gasteiger charge is 2.20. The molecule has 7 heteroatoms. The molecule has 1 fully saturated rings. The number of nitrogens with zero attached hydrogens (tertiary/aromatic N) is 2. The summed E-state index contributed by atoms with van der Waals surface area (Å²) in [5, 5.41) is 11.4. The van der Waals surface area contributed by atoms with Gasteiger partial charge in [0.15, 0.2) is 0 Å². The molecule has 0 atom stereocenters. The summed E-state index contributed by atoms with van der Waals surface area (Å²) in [6, 6.07) is 0.342. The van der Waals surface area contributed by atoms with Gasteiger partial charge < -0.3 is 9.73 Å². The number of rotatable bonds is 6. The molecule has 0 radical (unpaired) electrons. The molecule has 0 bridgehead atoms. The summed E-state index contributed by atoms with van der Waals surface area (Å²) in [4.78, 5) is 11.9. The van der Waals surface area contributed by atoms with E-state index < -0.39 is 0 Å². The van der Waals surface area contributed by atoms with E-state index in [1.807, 2.05) is 6.26 Å². The van der Waals surface area contributed by atoms with Crippen LogP contribution in [0.4, 0.5) is 0 Å². The molecule has 0 spiro atoms. The molecule has 0 aliphatic heterocycles. The summed E-state index contributed by atoms with van der Waals surface area (Å²) in [6.07, 6.45) is 6.58. The third kappa shape index (κ3) is 5.01. The zero-order valence-electron chi connectivity index (χ0n) is 11.9. The van der Waals surface area contributed by atoms with Crippen LogP contribution in [0, 0.1) is 5.92 Å². The third-order valence-corrected chi connectivity index (χ3v) is 4.78. The van der Waals surface area contributed by atoms with Gasteiger partial charge in [-0.15, -0.1) is 10.2 Å². The molecule has 1 saturated carbocycles. The Kier molecular flexibility index (Phi) is 6.22. The van der Waals surface area contributed by atoms with E-state index in [-0.39, 0.29) is 5.91 Å². The second-order valence-electron chi connectivity index (χ2n) is 5.21. The number of aromatic nitrogens is 2. The van der Waals surface area contributed by atoms with Gasteiger partial charge >= 0.3 is 0 Å². The van der Waals surface area contributed by atoms with Gasteiger partial charge in [0.2, 0.25) is 11.8 Å². The van der Waals surface area contributed by atoms with E-state index in [2.05, 4.69) is 22.4 Å². The molecule has 0 unspecified atom stereocenters. The standard InChI is InChI=1S/C13H21N3O2S2/c1-9-3-5-10(6-4-9)14-11(17)7-20-13-16-15-12(18-13)8-19-2/h9-10H,3-8H2,1-2H3,(H,14,17). The van der Waals surface area contributed by atoms with Crippen LogP contribution in [0.1, 0.15) is 38.5 Å². The Hall–Kier alpha value is -0.690. The lowest BCUT2D eigenvalue weighted by Gasteiger charge is -2.26. The molecule has 1 aliphatic rings. The SMILES string of the molecule is CSCc1nnc(SCC(=O)NC2CCC(C)CC2)o1. The van der Waals surface area contributed by atoms with Crippen LogP contribution in [0.3, 0.4) is 0 Å². The normalized spacial score (nSPS) is 22.7. The monoisotopic (exact) mass is 315 g/mol. The summed E-state index contributed by atoms with van der Waals surface area (Å²) >= 11 is 2.93. The van der Waals surface area contributed by atoms with Gasteiger partial charge in [-0.25, -0.2) is 0 Å². The highest BCUT2D eigenvalue weighted by atomic mass is 32.2. The van der Waals surface area contributed by atoms with E-state index >= 15 is 0 Å². The predicted octanol–water partition coefficient (Wildman–Crippen LogP) is 2.72. The predicted molar refractivity (Wildman–Crippen MR) is 81.8 cm³/mol. The van der Waals surface area contributed by atoms with Gasteiger partial charge in [-0.05, 0) is 37.9 Å². The van der Waals surface area contributed by atoms with E-state index in [1.54, 1.807) is 11.8 Å². The Morgan fingerprint density at radius 1 is 1.35 bits per heavy atom. The van der Waals surface area contributed by atoms with Crippen molar-refractivity contribution in [1.29, 1.82) is 0 Å². The second kappa shape index (κ2) is 7.93. The minimum atomic E-state index is 0.0548. The maximum absolute atomic E-state index is 11.9. The first kappa shape index (κ1) is 15.7. The topological polar surface area (TPSA) is 68.0 Å². The first-order valence-electron chi connectivity index (χ1n) is 6.91. The molecule has 1 aromatic rings. The number of hydrogen-bond donors (Lipinski definition) is 1. The van der Waals surface area contributed by atoms with Crippen LogP contribution in [0.25, 0.3) is 0 Å². The van der Waals surface area contributed by atoms with Gasteiger partial charge in [-0.1, -0.05) is 18.7 Å². The highest BCUT2D eigenvalue weighted by Crippen LogP contribution is 2.24. The van der Waals surface area contributed by atoms with Gasteiger partial charge in [0.25, 0.3) is 5.22 Å². The molecule has 20 heavy (non-hydrogen) atoms. The molecule has 0 saturated heterocycles. The molecular weight excluding hydrogens is 294 g/mol. The molecule has 1 amide bonds. The van der Waals surface area contributed by atoms with Crippen molar-refractivity contribution in [3.63, 3.8) is 0 Å². The van der Waals surface area contributed by atoms with Gasteiger partial charge in [-0.3, -0.25) is 4.79 Å². The van der Waals surface area contributed by atoms with Gasteiger partial charge in [0.05, 0.1) is 11.5 Å². The molecule has 1 aliphatic carbocycles. The van der Waals surface area contributed by atoms with Crippen LogP contribution < -0.4 is 5.32 Å². The molecule has 5 nitrogen and oxygen atoms in total. The average molecular weight is 315 g/mol. The van der Waals surface area contributed by atoms with E-state index in [9.17, 15) is 4.79 Å². The van der Waals surface area contributed by atoms with E-state index in [0.29, 0.717) is 28.7 Å². The third-order valence-electron chi connectivity index (χ3n) is 3.42. The number of nitrogens with one attached hydrogen (secondary N) is 1. The summed E-state index contributed by atoms with van der Waals surface area (Å²) in [5.74, 6) is 2.51. The number of carbonyl (C=O) groups excluding carboxylic acids is 1. The molecule has 1 heterocycles. The van der Waals surface area contributed by atoms with E-state index in [1.165, 1.54) is 24.6 Å². The Morgan fingerprint density at radius 3 is 2.80 bits per heavy atom. The van der Waals surface area contributed by atoms with Crippen LogP contribution in [-0.2, 0) is 10.5 Å². The Morgan fingerprint density at radius 2 is 2.10 bits per heavy atom. The molecule has 2 rings (SSSR count). The second-order valence-corrected chi connectivity index (χ2v) is 7.00. The minimum Gasteiger partial charge on any atom is -0.415 e. The fraction of sp³-hybridized carbons (Fsp3) is 0.769. The van der Waals surface area contributed by atoms with Crippen molar-refractivity contribution in [1.82, 2.24) is 15.5 Å². The average Bonchev–Trinajstić information content (AvgIpc) is 2.87. The van der Waals surface area contributed by atoms with Crippen molar-refractivity contribution in [2.75, 3.05) is 12.0 Å². The smallest absolute Gasteiger partial charge is 0.277 e. The van der Waals surface area contributed by atoms with Crippen molar-refractivity contribution in [2.45, 2.75) is 49.6 Å². The van der Waals surface area contributed by atoms with Crippen molar-refractivity contribution in [2.24, 2.45) is 5.92 Å². The molecule has 112 valence electrons. The summed E-state index contributed by atoms with van der Waals surface area (Å²) in [5.41, 5.74) is 0. The van der Waals surface area contributed by atoms with Gasteiger partial charge in [0, 0.05) is 6.04 Å². The quantitative estimate of drug-likeness (QED) is 0.814. The number of amides is 1. The highest BCUT2D eigenvalue weighted by molar-refractivity contribution is 7.99. The van der Waals surface area contributed by atoms with E-state index in [0.717, 1.165) is 18.8 Å². The van der Waals surface area contributed by atoms with Gasteiger partial charge in [-0.2, -0.15) is 11.8 Å². The van der Waals surface area contributed by atoms with Crippen LogP contribution in [-0.4, -0.2) is 34.2 Å². The Labute approximate surface area is 128 Å². The summed E-state index contributed by atoms with van der Waals surface area (Å²) < 4.78 is 5.42. The van der Waals surface area contributed by atoms with Crippen LogP contribution in [0.15, 0.2) is 9.64 Å². The van der Waals surface area contributed by atoms with Crippen molar-refractivity contribution in [3.8, 4) is 0 Å². The van der Waals surface area contributed by atoms with Crippen LogP contribution in [0.5, 0.6) is 0 Å². The number of carbonyl (C=O) groups is 1. The number of hydrogen-bond acceptors (Lipinski definition) is 6. The van der Waals surface area contributed by atoms with Crippen molar-refractivity contribution >= 4 is 29.4 Å². The molecular formula is C13H21N3O2S2. The summed E-state index contributed by atoms with van der Waals surface area (Å²) in [6.45, 7) is 2.27.